The third-order valence-corrected chi connectivity index (χ3v) is 3.66. The zero-order valence-electron chi connectivity index (χ0n) is 12.2. The van der Waals surface area contributed by atoms with Crippen molar-refractivity contribution in [2.45, 2.75) is 26.3 Å². The highest BCUT2D eigenvalue weighted by Crippen LogP contribution is 2.30. The maximum atomic E-state index is 12.6. The van der Waals surface area contributed by atoms with Gasteiger partial charge in [-0.25, -0.2) is 9.59 Å². The van der Waals surface area contributed by atoms with Gasteiger partial charge < -0.3 is 15.1 Å². The molecule has 0 radical (unpaired) electrons. The van der Waals surface area contributed by atoms with E-state index in [1.807, 2.05) is 13.8 Å². The molecule has 21 heavy (non-hydrogen) atoms. The number of benzene rings is 1. The number of fused-ring (bicyclic) bond motifs is 1. The summed E-state index contributed by atoms with van der Waals surface area (Å²) in [6.45, 7) is 4.54. The van der Waals surface area contributed by atoms with Gasteiger partial charge in [0.05, 0.1) is 12.2 Å². The van der Waals surface area contributed by atoms with E-state index < -0.39 is 5.97 Å². The number of hydrogen-bond acceptors (Lipinski definition) is 3. The minimum atomic E-state index is -0.966. The van der Waals surface area contributed by atoms with E-state index in [1.54, 1.807) is 21.9 Å². The topological polar surface area (TPSA) is 81.1 Å². The van der Waals surface area contributed by atoms with Gasteiger partial charge in [0.25, 0.3) is 0 Å². The van der Waals surface area contributed by atoms with Gasteiger partial charge in [0, 0.05) is 24.8 Å². The predicted molar refractivity (Wildman–Crippen MR) is 78.8 cm³/mol. The van der Waals surface area contributed by atoms with Gasteiger partial charge in [-0.3, -0.25) is 4.90 Å². The lowest BCUT2D eigenvalue weighted by Gasteiger charge is -2.31. The van der Waals surface area contributed by atoms with Crippen LogP contribution in [0.15, 0.2) is 18.2 Å². The summed E-state index contributed by atoms with van der Waals surface area (Å²) >= 11 is 0. The van der Waals surface area contributed by atoms with Crippen LogP contribution in [0, 0.1) is 0 Å². The van der Waals surface area contributed by atoms with Crippen LogP contribution in [0.1, 0.15) is 29.8 Å². The molecule has 0 aliphatic carbocycles. The summed E-state index contributed by atoms with van der Waals surface area (Å²) in [5.74, 6) is -0.966. The van der Waals surface area contributed by atoms with E-state index >= 15 is 0 Å². The molecule has 0 saturated heterocycles. The first kappa shape index (κ1) is 15.3. The van der Waals surface area contributed by atoms with Crippen molar-refractivity contribution in [1.29, 1.82) is 0 Å². The Balaban J connectivity index is 2.25. The minimum absolute atomic E-state index is 0.00741. The van der Waals surface area contributed by atoms with E-state index in [1.165, 1.54) is 6.07 Å². The minimum Gasteiger partial charge on any atom is -0.478 e. The van der Waals surface area contributed by atoms with Crippen LogP contribution in [0.25, 0.3) is 0 Å². The van der Waals surface area contributed by atoms with Gasteiger partial charge in [-0.05, 0) is 44.0 Å². The Hall–Kier alpha value is -2.08. The fourth-order valence-corrected chi connectivity index (χ4v) is 2.57. The number of aliphatic hydroxyl groups excluding tert-OH is 1. The molecule has 6 heteroatoms. The molecule has 0 spiro atoms. The summed E-state index contributed by atoms with van der Waals surface area (Å²) in [6, 6.07) is 4.66. The van der Waals surface area contributed by atoms with Crippen LogP contribution >= 0.6 is 0 Å². The third kappa shape index (κ3) is 3.00. The number of carboxylic acids is 1. The van der Waals surface area contributed by atoms with Crippen LogP contribution < -0.4 is 4.90 Å². The van der Waals surface area contributed by atoms with E-state index in [2.05, 4.69) is 0 Å². The second kappa shape index (κ2) is 6.13. The number of carbonyl (C=O) groups excluding carboxylic acids is 1. The number of aromatic carboxylic acids is 1. The highest BCUT2D eigenvalue weighted by Gasteiger charge is 2.29. The number of carboxylic acid groups (broad SMARTS) is 1. The number of urea groups is 1. The summed E-state index contributed by atoms with van der Waals surface area (Å²) in [7, 11) is 0. The van der Waals surface area contributed by atoms with Gasteiger partial charge in [0.1, 0.15) is 0 Å². The lowest BCUT2D eigenvalue weighted by atomic mass is 10.1. The summed E-state index contributed by atoms with van der Waals surface area (Å²) in [6.07, 6.45) is 0.646. The second-order valence-electron chi connectivity index (χ2n) is 5.34. The number of hydrogen-bond donors (Lipinski definition) is 2. The van der Waals surface area contributed by atoms with Crippen LogP contribution in [0.5, 0.6) is 0 Å². The molecule has 114 valence electrons. The van der Waals surface area contributed by atoms with Crippen molar-refractivity contribution >= 4 is 17.7 Å². The molecule has 6 nitrogen and oxygen atoms in total. The van der Waals surface area contributed by atoms with Crippen LogP contribution in [0.3, 0.4) is 0 Å². The largest absolute Gasteiger partial charge is 0.478 e. The Kier molecular flexibility index (Phi) is 4.47. The zero-order chi connectivity index (χ0) is 15.6. The molecular formula is C15H20N2O4. The van der Waals surface area contributed by atoms with Crippen LogP contribution in [-0.2, 0) is 6.42 Å². The third-order valence-electron chi connectivity index (χ3n) is 3.66. The highest BCUT2D eigenvalue weighted by molar-refractivity contribution is 5.96. The van der Waals surface area contributed by atoms with E-state index in [4.69, 9.17) is 10.2 Å². The van der Waals surface area contributed by atoms with Gasteiger partial charge >= 0.3 is 12.0 Å². The van der Waals surface area contributed by atoms with Gasteiger partial charge in [-0.1, -0.05) is 0 Å². The molecule has 1 aromatic rings. The van der Waals surface area contributed by atoms with Crippen molar-refractivity contribution in [3.05, 3.63) is 29.3 Å². The van der Waals surface area contributed by atoms with Gasteiger partial charge in [0.15, 0.2) is 0 Å². The first-order valence-corrected chi connectivity index (χ1v) is 7.01. The fourth-order valence-electron chi connectivity index (χ4n) is 2.57. The normalized spacial score (nSPS) is 13.4. The molecule has 0 atom stereocenters. The molecular weight excluding hydrogens is 272 g/mol. The molecule has 2 amide bonds. The van der Waals surface area contributed by atoms with Crippen LogP contribution in [0.2, 0.25) is 0 Å². The molecule has 1 aromatic carbocycles. The molecule has 0 aromatic heterocycles. The Bertz CT molecular complexity index is 557. The van der Waals surface area contributed by atoms with Gasteiger partial charge in [0.2, 0.25) is 0 Å². The molecule has 0 unspecified atom stereocenters. The van der Waals surface area contributed by atoms with Gasteiger partial charge in [-0.15, -0.1) is 0 Å². The average molecular weight is 292 g/mol. The number of carbonyl (C=O) groups is 2. The summed E-state index contributed by atoms with van der Waals surface area (Å²) in [4.78, 5) is 26.8. The first-order chi connectivity index (χ1) is 9.95. The smallest absolute Gasteiger partial charge is 0.335 e. The molecule has 1 aliphatic rings. The van der Waals surface area contributed by atoms with Crippen LogP contribution in [0.4, 0.5) is 10.5 Å². The number of aliphatic hydroxyl groups is 1. The van der Waals surface area contributed by atoms with Crippen molar-refractivity contribution in [2.75, 3.05) is 24.6 Å². The number of amides is 2. The highest BCUT2D eigenvalue weighted by atomic mass is 16.4. The number of anilines is 1. The molecule has 0 fully saturated rings. The standard InChI is InChI=1S/C15H20N2O4/c1-10(2)16(7-8-18)15(21)17-6-5-11-9-12(14(19)20)3-4-13(11)17/h3-4,9-10,18H,5-8H2,1-2H3,(H,19,20). The Morgan fingerprint density at radius 2 is 2.10 bits per heavy atom. The van der Waals surface area contributed by atoms with Crippen molar-refractivity contribution in [3.8, 4) is 0 Å². The van der Waals surface area contributed by atoms with E-state index in [-0.39, 0.29) is 30.8 Å². The fraction of sp³-hybridized carbons (Fsp3) is 0.467. The van der Waals surface area contributed by atoms with E-state index in [9.17, 15) is 9.59 Å². The summed E-state index contributed by atoms with van der Waals surface area (Å²) in [5, 5.41) is 18.1. The summed E-state index contributed by atoms with van der Waals surface area (Å²) < 4.78 is 0. The Morgan fingerprint density at radius 3 is 2.67 bits per heavy atom. The van der Waals surface area contributed by atoms with E-state index in [0.29, 0.717) is 13.0 Å². The van der Waals surface area contributed by atoms with Crippen LogP contribution in [-0.4, -0.2) is 52.9 Å². The Labute approximate surface area is 123 Å². The van der Waals surface area contributed by atoms with Gasteiger partial charge in [-0.2, -0.15) is 0 Å². The maximum Gasteiger partial charge on any atom is 0.335 e. The molecule has 2 N–H and O–H groups in total. The molecule has 1 aliphatic heterocycles. The Morgan fingerprint density at radius 1 is 1.38 bits per heavy atom. The molecule has 2 rings (SSSR count). The summed E-state index contributed by atoms with van der Waals surface area (Å²) in [5.41, 5.74) is 1.86. The first-order valence-electron chi connectivity index (χ1n) is 7.01. The van der Waals surface area contributed by atoms with E-state index in [0.717, 1.165) is 11.3 Å². The van der Waals surface area contributed by atoms with Crippen molar-refractivity contribution in [2.24, 2.45) is 0 Å². The number of nitrogens with zero attached hydrogens (tertiary/aromatic N) is 2. The van der Waals surface area contributed by atoms with Crippen molar-refractivity contribution in [3.63, 3.8) is 0 Å². The zero-order valence-corrected chi connectivity index (χ0v) is 12.2. The average Bonchev–Trinajstić information content (AvgIpc) is 2.86. The monoisotopic (exact) mass is 292 g/mol. The maximum absolute atomic E-state index is 12.6. The van der Waals surface area contributed by atoms with Crippen molar-refractivity contribution < 1.29 is 19.8 Å². The number of rotatable bonds is 4. The lowest BCUT2D eigenvalue weighted by Crippen LogP contribution is -2.47. The SMILES string of the molecule is CC(C)N(CCO)C(=O)N1CCc2cc(C(=O)O)ccc21. The van der Waals surface area contributed by atoms with Crippen molar-refractivity contribution in [1.82, 2.24) is 4.90 Å². The second-order valence-corrected chi connectivity index (χ2v) is 5.34. The molecule has 1 heterocycles. The predicted octanol–water partition coefficient (Wildman–Crippen LogP) is 1.57. The molecule has 0 saturated carbocycles. The lowest BCUT2D eigenvalue weighted by molar-refractivity contribution is 0.0697. The quantitative estimate of drug-likeness (QED) is 0.882. The molecule has 0 bridgehead atoms.